The van der Waals surface area contributed by atoms with E-state index >= 15 is 0 Å². The number of benzene rings is 1. The second-order valence-corrected chi connectivity index (χ2v) is 9.22. The maximum absolute atomic E-state index is 13.0. The molecule has 2 aromatic rings. The summed E-state index contributed by atoms with van der Waals surface area (Å²) in [4.78, 5) is 26.0. The van der Waals surface area contributed by atoms with Gasteiger partial charge in [-0.3, -0.25) is 14.6 Å². The van der Waals surface area contributed by atoms with E-state index in [1.165, 1.54) is 6.26 Å². The molecule has 0 bridgehead atoms. The molecule has 2 fully saturated rings. The molecule has 0 saturated carbocycles. The number of rotatable bonds is 8. The Balaban J connectivity index is 1.25. The van der Waals surface area contributed by atoms with Gasteiger partial charge in [-0.15, -0.1) is 6.58 Å². The van der Waals surface area contributed by atoms with Gasteiger partial charge in [0.1, 0.15) is 12.0 Å². The molecule has 34 heavy (non-hydrogen) atoms. The average Bonchev–Trinajstić information content (AvgIpc) is 3.33. The van der Waals surface area contributed by atoms with E-state index in [4.69, 9.17) is 9.15 Å². The predicted molar refractivity (Wildman–Crippen MR) is 130 cm³/mol. The van der Waals surface area contributed by atoms with Gasteiger partial charge in [0.25, 0.3) is 5.91 Å². The Kier molecular flexibility index (Phi) is 7.55. The second kappa shape index (κ2) is 10.6. The molecule has 1 atom stereocenters. The molecule has 184 valence electrons. The average molecular weight is 470 g/mol. The summed E-state index contributed by atoms with van der Waals surface area (Å²) in [5.74, 6) is 1.30. The summed E-state index contributed by atoms with van der Waals surface area (Å²) < 4.78 is 10.9. The number of carbonyl (C=O) groups is 1. The SMILES string of the molecule is C=CC(C)(O)CN1CCN(Cc2nc(C(=O)N3CCN(c4cccc(OC)c4)CC3)co2)CC1. The van der Waals surface area contributed by atoms with E-state index in [2.05, 4.69) is 32.3 Å². The van der Waals surface area contributed by atoms with Gasteiger partial charge in [-0.1, -0.05) is 12.1 Å². The molecule has 9 nitrogen and oxygen atoms in total. The van der Waals surface area contributed by atoms with Crippen molar-refractivity contribution in [1.29, 1.82) is 0 Å². The summed E-state index contributed by atoms with van der Waals surface area (Å²) in [5, 5.41) is 10.2. The summed E-state index contributed by atoms with van der Waals surface area (Å²) in [6.07, 6.45) is 3.06. The van der Waals surface area contributed by atoms with E-state index in [0.717, 1.165) is 50.7 Å². The van der Waals surface area contributed by atoms with E-state index in [1.807, 2.05) is 23.1 Å². The van der Waals surface area contributed by atoms with Crippen LogP contribution in [0, 0.1) is 0 Å². The van der Waals surface area contributed by atoms with Crippen LogP contribution in [-0.2, 0) is 6.54 Å². The fourth-order valence-electron chi connectivity index (χ4n) is 4.43. The fraction of sp³-hybridized carbons (Fsp3) is 0.520. The van der Waals surface area contributed by atoms with Crippen LogP contribution >= 0.6 is 0 Å². The molecule has 9 heteroatoms. The largest absolute Gasteiger partial charge is 0.497 e. The number of methoxy groups -OCH3 is 1. The van der Waals surface area contributed by atoms with Gasteiger partial charge in [-0.2, -0.15) is 0 Å². The summed E-state index contributed by atoms with van der Waals surface area (Å²) >= 11 is 0. The number of amides is 1. The van der Waals surface area contributed by atoms with Gasteiger partial charge in [0.15, 0.2) is 5.69 Å². The zero-order valence-corrected chi connectivity index (χ0v) is 20.2. The number of oxazole rings is 1. The van der Waals surface area contributed by atoms with E-state index < -0.39 is 5.60 Å². The highest BCUT2D eigenvalue weighted by molar-refractivity contribution is 5.92. The van der Waals surface area contributed by atoms with Gasteiger partial charge in [0.05, 0.1) is 19.3 Å². The molecule has 2 saturated heterocycles. The Labute approximate surface area is 201 Å². The second-order valence-electron chi connectivity index (χ2n) is 9.22. The van der Waals surface area contributed by atoms with Gasteiger partial charge in [0.2, 0.25) is 5.89 Å². The predicted octanol–water partition coefficient (Wildman–Crippen LogP) is 1.70. The number of hydrogen-bond acceptors (Lipinski definition) is 8. The minimum absolute atomic E-state index is 0.0863. The Bertz CT molecular complexity index is 975. The Hall–Kier alpha value is -2.88. The van der Waals surface area contributed by atoms with Crippen molar-refractivity contribution in [2.75, 3.05) is 70.9 Å². The van der Waals surface area contributed by atoms with E-state index in [9.17, 15) is 9.90 Å². The van der Waals surface area contributed by atoms with Crippen LogP contribution in [0.2, 0.25) is 0 Å². The summed E-state index contributed by atoms with van der Waals surface area (Å²) in [5.41, 5.74) is 0.591. The van der Waals surface area contributed by atoms with Crippen LogP contribution in [0.3, 0.4) is 0 Å². The molecule has 0 spiro atoms. The van der Waals surface area contributed by atoms with Crippen molar-refractivity contribution in [3.63, 3.8) is 0 Å². The zero-order valence-electron chi connectivity index (χ0n) is 20.2. The smallest absolute Gasteiger partial charge is 0.275 e. The highest BCUT2D eigenvalue weighted by Crippen LogP contribution is 2.22. The number of nitrogens with zero attached hydrogens (tertiary/aromatic N) is 5. The number of β-amino-alcohol motifs (C(OH)–C–C–N with tert-alkyl or cyclic N) is 1. The number of aliphatic hydroxyl groups is 1. The lowest BCUT2D eigenvalue weighted by atomic mass is 10.1. The molecule has 1 aromatic carbocycles. The van der Waals surface area contributed by atoms with Crippen LogP contribution in [0.5, 0.6) is 5.75 Å². The zero-order chi connectivity index (χ0) is 24.1. The molecule has 0 radical (unpaired) electrons. The van der Waals surface area contributed by atoms with Crippen LogP contribution in [0.25, 0.3) is 0 Å². The first kappa shape index (κ1) is 24.3. The molecule has 3 heterocycles. The van der Waals surface area contributed by atoms with Crippen LogP contribution < -0.4 is 9.64 Å². The Morgan fingerprint density at radius 3 is 2.56 bits per heavy atom. The van der Waals surface area contributed by atoms with Gasteiger partial charge in [0, 0.05) is 70.7 Å². The molecular formula is C25H35N5O4. The monoisotopic (exact) mass is 469 g/mol. The third-order valence-corrected chi connectivity index (χ3v) is 6.56. The van der Waals surface area contributed by atoms with E-state index in [0.29, 0.717) is 37.8 Å². The third kappa shape index (κ3) is 5.97. The topological polar surface area (TPSA) is 85.5 Å². The first-order valence-corrected chi connectivity index (χ1v) is 11.8. The number of ether oxygens (including phenoxy) is 1. The van der Waals surface area contributed by atoms with Gasteiger partial charge in [-0.05, 0) is 19.1 Å². The van der Waals surface area contributed by atoms with Gasteiger partial charge in [-0.25, -0.2) is 4.98 Å². The van der Waals surface area contributed by atoms with E-state index in [1.54, 1.807) is 20.1 Å². The summed E-state index contributed by atoms with van der Waals surface area (Å²) in [7, 11) is 1.66. The highest BCUT2D eigenvalue weighted by atomic mass is 16.5. The minimum Gasteiger partial charge on any atom is -0.497 e. The highest BCUT2D eigenvalue weighted by Gasteiger charge is 2.27. The van der Waals surface area contributed by atoms with Crippen molar-refractivity contribution < 1.29 is 19.1 Å². The van der Waals surface area contributed by atoms with Crippen LogP contribution in [0.15, 0.2) is 47.6 Å². The Morgan fingerprint density at radius 2 is 1.88 bits per heavy atom. The third-order valence-electron chi connectivity index (χ3n) is 6.56. The molecular weight excluding hydrogens is 434 g/mol. The number of aromatic nitrogens is 1. The maximum atomic E-state index is 13.0. The summed E-state index contributed by atoms with van der Waals surface area (Å²) in [6.45, 7) is 12.8. The summed E-state index contributed by atoms with van der Waals surface area (Å²) in [6, 6.07) is 7.99. The van der Waals surface area contributed by atoms with Crippen molar-refractivity contribution in [2.45, 2.75) is 19.1 Å². The van der Waals surface area contributed by atoms with Crippen LogP contribution in [0.4, 0.5) is 5.69 Å². The minimum atomic E-state index is -0.876. The van der Waals surface area contributed by atoms with Crippen molar-refractivity contribution in [1.82, 2.24) is 19.7 Å². The molecule has 4 rings (SSSR count). The van der Waals surface area contributed by atoms with Crippen molar-refractivity contribution in [2.24, 2.45) is 0 Å². The quantitative estimate of drug-likeness (QED) is 0.585. The van der Waals surface area contributed by atoms with Gasteiger partial charge < -0.3 is 24.1 Å². The lowest BCUT2D eigenvalue weighted by Crippen LogP contribution is -2.50. The Morgan fingerprint density at radius 1 is 1.18 bits per heavy atom. The maximum Gasteiger partial charge on any atom is 0.275 e. The molecule has 1 amide bonds. The van der Waals surface area contributed by atoms with Crippen molar-refractivity contribution in [3.8, 4) is 5.75 Å². The van der Waals surface area contributed by atoms with E-state index in [-0.39, 0.29) is 5.91 Å². The number of piperazine rings is 2. The standard InChI is InChI=1S/C25H35N5O4/c1-4-25(2,32)19-28-10-8-27(9-11-28)17-23-26-22(18-34-23)24(31)30-14-12-29(13-15-30)20-6-5-7-21(16-20)33-3/h4-7,16,18,32H,1,8-15,17,19H2,2-3H3. The molecule has 0 aliphatic carbocycles. The molecule has 1 unspecified atom stereocenters. The number of carbonyl (C=O) groups excluding carboxylic acids is 1. The van der Waals surface area contributed by atoms with Crippen molar-refractivity contribution in [3.05, 3.63) is 54.8 Å². The molecule has 2 aliphatic heterocycles. The number of anilines is 1. The molecule has 1 aromatic heterocycles. The van der Waals surface area contributed by atoms with Crippen LogP contribution in [0.1, 0.15) is 23.3 Å². The number of hydrogen-bond donors (Lipinski definition) is 1. The lowest BCUT2D eigenvalue weighted by molar-refractivity contribution is 0.0348. The first-order valence-electron chi connectivity index (χ1n) is 11.8. The van der Waals surface area contributed by atoms with Gasteiger partial charge >= 0.3 is 0 Å². The first-order chi connectivity index (χ1) is 16.4. The fourth-order valence-corrected chi connectivity index (χ4v) is 4.43. The normalized spacial score (nSPS) is 19.6. The molecule has 2 aliphatic rings. The van der Waals surface area contributed by atoms with Crippen molar-refractivity contribution >= 4 is 11.6 Å². The lowest BCUT2D eigenvalue weighted by Gasteiger charge is -2.37. The molecule has 1 N–H and O–H groups in total. The van der Waals surface area contributed by atoms with Crippen LogP contribution in [-0.4, -0.2) is 102 Å².